The monoisotopic (exact) mass is 251 g/mol. The van der Waals surface area contributed by atoms with Crippen LogP contribution >= 0.6 is 11.8 Å². The molecule has 0 bridgehead atoms. The fourth-order valence-electron chi connectivity index (χ4n) is 1.93. The summed E-state index contributed by atoms with van der Waals surface area (Å²) in [5, 5.41) is 13.1. The Morgan fingerprint density at radius 1 is 1.47 bits per heavy atom. The lowest BCUT2D eigenvalue weighted by atomic mass is 10.1. The SMILES string of the molecule is O=C(Cc1ccccc1O)NCC1CCCS1. The lowest BCUT2D eigenvalue weighted by Gasteiger charge is -2.10. The van der Waals surface area contributed by atoms with Gasteiger partial charge >= 0.3 is 0 Å². The summed E-state index contributed by atoms with van der Waals surface area (Å²) in [4.78, 5) is 11.7. The summed E-state index contributed by atoms with van der Waals surface area (Å²) in [6.07, 6.45) is 2.70. The number of thioether (sulfide) groups is 1. The van der Waals surface area contributed by atoms with Crippen molar-refractivity contribution in [1.82, 2.24) is 5.32 Å². The van der Waals surface area contributed by atoms with Crippen LogP contribution in [0.15, 0.2) is 24.3 Å². The minimum absolute atomic E-state index is 0.0148. The maximum absolute atomic E-state index is 11.7. The van der Waals surface area contributed by atoms with Crippen LogP contribution in [0.4, 0.5) is 0 Å². The minimum Gasteiger partial charge on any atom is -0.508 e. The summed E-state index contributed by atoms with van der Waals surface area (Å²) in [6, 6.07) is 6.97. The number of benzene rings is 1. The van der Waals surface area contributed by atoms with Gasteiger partial charge in [-0.3, -0.25) is 4.79 Å². The normalized spacial score (nSPS) is 19.2. The van der Waals surface area contributed by atoms with E-state index in [1.165, 1.54) is 18.6 Å². The van der Waals surface area contributed by atoms with E-state index in [2.05, 4.69) is 5.32 Å². The molecule has 0 saturated carbocycles. The first-order valence-corrected chi connectivity index (χ1v) is 6.96. The second kappa shape index (κ2) is 5.96. The Bertz CT molecular complexity index is 389. The van der Waals surface area contributed by atoms with Crippen LogP contribution in [0.25, 0.3) is 0 Å². The van der Waals surface area contributed by atoms with Gasteiger partial charge in [-0.05, 0) is 24.7 Å². The Hall–Kier alpha value is -1.16. The molecule has 1 fully saturated rings. The standard InChI is InChI=1S/C13H17NO2S/c15-12-6-2-1-4-10(12)8-13(16)14-9-11-5-3-7-17-11/h1-2,4,6,11,15H,3,5,7-9H2,(H,14,16). The molecule has 4 heteroatoms. The molecule has 2 rings (SSSR count). The molecule has 3 nitrogen and oxygen atoms in total. The Morgan fingerprint density at radius 3 is 3.00 bits per heavy atom. The second-order valence-electron chi connectivity index (χ2n) is 4.24. The molecule has 1 saturated heterocycles. The molecule has 2 N–H and O–H groups in total. The summed E-state index contributed by atoms with van der Waals surface area (Å²) in [6.45, 7) is 0.747. The van der Waals surface area contributed by atoms with E-state index in [1.54, 1.807) is 18.2 Å². The molecular weight excluding hydrogens is 234 g/mol. The third kappa shape index (κ3) is 3.66. The van der Waals surface area contributed by atoms with Crippen LogP contribution in [-0.2, 0) is 11.2 Å². The van der Waals surface area contributed by atoms with Gasteiger partial charge in [0.25, 0.3) is 0 Å². The van der Waals surface area contributed by atoms with Crippen molar-refractivity contribution in [2.75, 3.05) is 12.3 Å². The maximum atomic E-state index is 11.7. The van der Waals surface area contributed by atoms with E-state index in [0.717, 1.165) is 6.54 Å². The van der Waals surface area contributed by atoms with Crippen LogP contribution in [-0.4, -0.2) is 28.6 Å². The Kier molecular flexibility index (Phi) is 4.31. The van der Waals surface area contributed by atoms with E-state index >= 15 is 0 Å². The van der Waals surface area contributed by atoms with Gasteiger partial charge in [0.15, 0.2) is 0 Å². The van der Waals surface area contributed by atoms with Crippen molar-refractivity contribution in [3.63, 3.8) is 0 Å². The predicted molar refractivity (Wildman–Crippen MR) is 70.3 cm³/mol. The molecule has 1 aliphatic heterocycles. The number of phenolic OH excluding ortho intramolecular Hbond substituents is 1. The molecule has 1 aromatic rings. The first-order valence-electron chi connectivity index (χ1n) is 5.91. The van der Waals surface area contributed by atoms with Gasteiger partial charge < -0.3 is 10.4 Å². The molecule has 0 aromatic heterocycles. The summed E-state index contributed by atoms with van der Waals surface area (Å²) in [7, 11) is 0. The van der Waals surface area contributed by atoms with Gasteiger partial charge in [-0.2, -0.15) is 11.8 Å². The number of para-hydroxylation sites is 1. The number of rotatable bonds is 4. The first kappa shape index (κ1) is 12.3. The van der Waals surface area contributed by atoms with Crippen molar-refractivity contribution < 1.29 is 9.90 Å². The van der Waals surface area contributed by atoms with Crippen LogP contribution < -0.4 is 5.32 Å². The van der Waals surface area contributed by atoms with Gasteiger partial charge in [0.05, 0.1) is 6.42 Å². The molecule has 1 atom stereocenters. The maximum Gasteiger partial charge on any atom is 0.224 e. The third-order valence-electron chi connectivity index (χ3n) is 2.89. The van der Waals surface area contributed by atoms with Gasteiger partial charge in [0.2, 0.25) is 5.91 Å². The summed E-state index contributed by atoms with van der Waals surface area (Å²) < 4.78 is 0. The van der Waals surface area contributed by atoms with Gasteiger partial charge in [0.1, 0.15) is 5.75 Å². The number of carbonyl (C=O) groups is 1. The van der Waals surface area contributed by atoms with Gasteiger partial charge in [-0.15, -0.1) is 0 Å². The highest BCUT2D eigenvalue weighted by Gasteiger charge is 2.16. The second-order valence-corrected chi connectivity index (χ2v) is 5.65. The molecule has 17 heavy (non-hydrogen) atoms. The molecule has 1 aliphatic rings. The van der Waals surface area contributed by atoms with E-state index in [0.29, 0.717) is 10.8 Å². The molecular formula is C13H17NO2S. The molecule has 1 aromatic carbocycles. The van der Waals surface area contributed by atoms with Gasteiger partial charge in [-0.1, -0.05) is 18.2 Å². The number of hydrogen-bond acceptors (Lipinski definition) is 3. The lowest BCUT2D eigenvalue weighted by Crippen LogP contribution is -2.30. The number of phenols is 1. The first-order chi connectivity index (χ1) is 8.25. The van der Waals surface area contributed by atoms with E-state index in [4.69, 9.17) is 0 Å². The quantitative estimate of drug-likeness (QED) is 0.860. The van der Waals surface area contributed by atoms with Crippen molar-refractivity contribution in [1.29, 1.82) is 0 Å². The molecule has 0 radical (unpaired) electrons. The number of amides is 1. The lowest BCUT2D eigenvalue weighted by molar-refractivity contribution is -0.120. The summed E-state index contributed by atoms with van der Waals surface area (Å²) >= 11 is 1.93. The Labute approximate surface area is 106 Å². The van der Waals surface area contributed by atoms with Crippen LogP contribution in [0.1, 0.15) is 18.4 Å². The average Bonchev–Trinajstić information content (AvgIpc) is 2.82. The average molecular weight is 251 g/mol. The smallest absolute Gasteiger partial charge is 0.224 e. The fraction of sp³-hybridized carbons (Fsp3) is 0.462. The molecule has 0 spiro atoms. The van der Waals surface area contributed by atoms with Crippen LogP contribution in [0.3, 0.4) is 0 Å². The molecule has 1 amide bonds. The number of aromatic hydroxyl groups is 1. The topological polar surface area (TPSA) is 49.3 Å². The van der Waals surface area contributed by atoms with Crippen molar-refractivity contribution in [3.8, 4) is 5.75 Å². The largest absolute Gasteiger partial charge is 0.508 e. The van der Waals surface area contributed by atoms with Gasteiger partial charge in [0, 0.05) is 17.4 Å². The number of hydrogen-bond donors (Lipinski definition) is 2. The zero-order valence-electron chi connectivity index (χ0n) is 9.69. The summed E-state index contributed by atoms with van der Waals surface area (Å²) in [5.74, 6) is 1.39. The highest BCUT2D eigenvalue weighted by Crippen LogP contribution is 2.25. The van der Waals surface area contributed by atoms with Crippen molar-refractivity contribution in [2.24, 2.45) is 0 Å². The van der Waals surface area contributed by atoms with Crippen molar-refractivity contribution in [3.05, 3.63) is 29.8 Å². The van der Waals surface area contributed by atoms with E-state index < -0.39 is 0 Å². The third-order valence-corrected chi connectivity index (χ3v) is 4.29. The fourth-order valence-corrected chi connectivity index (χ4v) is 3.13. The van der Waals surface area contributed by atoms with Crippen LogP contribution in [0.5, 0.6) is 5.75 Å². The van der Waals surface area contributed by atoms with Crippen LogP contribution in [0.2, 0.25) is 0 Å². The van der Waals surface area contributed by atoms with E-state index in [1.807, 2.05) is 17.8 Å². The summed E-state index contributed by atoms with van der Waals surface area (Å²) in [5.41, 5.74) is 0.684. The molecule has 0 aliphatic carbocycles. The van der Waals surface area contributed by atoms with Crippen molar-refractivity contribution >= 4 is 17.7 Å². The minimum atomic E-state index is -0.0148. The van der Waals surface area contributed by atoms with Crippen LogP contribution in [0, 0.1) is 0 Å². The zero-order valence-corrected chi connectivity index (χ0v) is 10.5. The van der Waals surface area contributed by atoms with Gasteiger partial charge in [-0.25, -0.2) is 0 Å². The highest BCUT2D eigenvalue weighted by atomic mass is 32.2. The molecule has 92 valence electrons. The Morgan fingerprint density at radius 2 is 2.29 bits per heavy atom. The number of carbonyl (C=O) groups excluding carboxylic acids is 1. The van der Waals surface area contributed by atoms with E-state index in [9.17, 15) is 9.90 Å². The Balaban J connectivity index is 1.79. The predicted octanol–water partition coefficient (Wildman–Crippen LogP) is 1.95. The molecule has 1 heterocycles. The number of nitrogens with one attached hydrogen (secondary N) is 1. The molecule has 1 unspecified atom stereocenters. The van der Waals surface area contributed by atoms with E-state index in [-0.39, 0.29) is 18.1 Å². The van der Waals surface area contributed by atoms with Crippen molar-refractivity contribution in [2.45, 2.75) is 24.5 Å². The highest BCUT2D eigenvalue weighted by molar-refractivity contribution is 8.00. The zero-order chi connectivity index (χ0) is 12.1.